The Hall–Kier alpha value is -2.84. The Labute approximate surface area is 104 Å². The highest BCUT2D eigenvalue weighted by molar-refractivity contribution is 6.07. The number of benzene rings is 3. The van der Waals surface area contributed by atoms with Crippen LogP contribution in [0.25, 0.3) is 21.5 Å². The zero-order valence-corrected chi connectivity index (χ0v) is 9.51. The van der Waals surface area contributed by atoms with Crippen LogP contribution in [0.2, 0.25) is 0 Å². The van der Waals surface area contributed by atoms with Crippen LogP contribution in [0.1, 0.15) is 11.1 Å². The lowest BCUT2D eigenvalue weighted by Gasteiger charge is -2.04. The van der Waals surface area contributed by atoms with Gasteiger partial charge >= 0.3 is 0 Å². The first-order chi connectivity index (χ1) is 8.81. The lowest BCUT2D eigenvalue weighted by molar-refractivity contribution is 1.49. The molecule has 3 rings (SSSR count). The molecule has 0 radical (unpaired) electrons. The lowest BCUT2D eigenvalue weighted by atomic mass is 9.99. The molecule has 3 aromatic carbocycles. The van der Waals surface area contributed by atoms with E-state index in [0.717, 1.165) is 21.5 Å². The minimum atomic E-state index is 0.662. The van der Waals surface area contributed by atoms with Crippen LogP contribution < -0.4 is 0 Å². The minimum absolute atomic E-state index is 0.662. The minimum Gasteiger partial charge on any atom is -0.192 e. The third kappa shape index (κ3) is 1.49. The molecule has 0 saturated carbocycles. The second-order valence-electron chi connectivity index (χ2n) is 4.16. The molecule has 0 aliphatic heterocycles. The summed E-state index contributed by atoms with van der Waals surface area (Å²) in [6.45, 7) is 0. The normalized spacial score (nSPS) is 10.1. The first kappa shape index (κ1) is 10.3. The van der Waals surface area contributed by atoms with Gasteiger partial charge in [-0.05, 0) is 45.8 Å². The van der Waals surface area contributed by atoms with Crippen LogP contribution in [0, 0.1) is 22.7 Å². The first-order valence-corrected chi connectivity index (χ1v) is 5.58. The van der Waals surface area contributed by atoms with Crippen LogP contribution >= 0.6 is 0 Å². The van der Waals surface area contributed by atoms with E-state index in [1.165, 1.54) is 0 Å². The lowest BCUT2D eigenvalue weighted by Crippen LogP contribution is -1.81. The Morgan fingerprint density at radius 2 is 1.06 bits per heavy atom. The maximum Gasteiger partial charge on any atom is 0.0991 e. The summed E-state index contributed by atoms with van der Waals surface area (Å²) in [5, 5.41) is 22.1. The molecular formula is C16H8N2. The largest absolute Gasteiger partial charge is 0.192 e. The molecule has 0 aromatic heterocycles. The highest BCUT2D eigenvalue weighted by Gasteiger charge is 2.02. The van der Waals surface area contributed by atoms with E-state index in [9.17, 15) is 0 Å². The summed E-state index contributed by atoms with van der Waals surface area (Å²) in [7, 11) is 0. The van der Waals surface area contributed by atoms with Gasteiger partial charge in [-0.1, -0.05) is 24.3 Å². The molecule has 0 unspecified atom stereocenters. The Balaban J connectivity index is 2.41. The molecule has 18 heavy (non-hydrogen) atoms. The van der Waals surface area contributed by atoms with Gasteiger partial charge in [-0.15, -0.1) is 0 Å². The van der Waals surface area contributed by atoms with Gasteiger partial charge in [0.1, 0.15) is 0 Å². The summed E-state index contributed by atoms with van der Waals surface area (Å²) in [4.78, 5) is 0. The Bertz CT molecular complexity index is 776. The van der Waals surface area contributed by atoms with E-state index in [1.807, 2.05) is 48.5 Å². The molecule has 2 nitrogen and oxygen atoms in total. The standard InChI is InChI=1S/C16H8N2/c17-9-11-1-5-15-13(7-11)3-4-14-8-12(10-18)2-6-16(14)15/h1-8H. The topological polar surface area (TPSA) is 47.6 Å². The number of nitriles is 2. The molecule has 0 N–H and O–H groups in total. The molecule has 82 valence electrons. The van der Waals surface area contributed by atoms with Crippen molar-refractivity contribution in [2.24, 2.45) is 0 Å². The number of hydrogen-bond donors (Lipinski definition) is 0. The molecule has 2 heteroatoms. The highest BCUT2D eigenvalue weighted by Crippen LogP contribution is 2.26. The summed E-state index contributed by atoms with van der Waals surface area (Å²) in [5.74, 6) is 0. The quantitative estimate of drug-likeness (QED) is 0.550. The predicted molar refractivity (Wildman–Crippen MR) is 70.9 cm³/mol. The molecule has 0 spiro atoms. The summed E-state index contributed by atoms with van der Waals surface area (Å²) < 4.78 is 0. The average Bonchev–Trinajstić information content (AvgIpc) is 2.45. The summed E-state index contributed by atoms with van der Waals surface area (Å²) >= 11 is 0. The molecule has 0 amide bonds. The van der Waals surface area contributed by atoms with Crippen molar-refractivity contribution in [3.8, 4) is 12.1 Å². The van der Waals surface area contributed by atoms with Crippen molar-refractivity contribution in [3.05, 3.63) is 59.7 Å². The van der Waals surface area contributed by atoms with Crippen LogP contribution in [0.15, 0.2) is 48.5 Å². The van der Waals surface area contributed by atoms with Crippen molar-refractivity contribution < 1.29 is 0 Å². The fraction of sp³-hybridized carbons (Fsp3) is 0. The number of fused-ring (bicyclic) bond motifs is 3. The molecule has 0 aliphatic rings. The molecule has 0 bridgehead atoms. The van der Waals surface area contributed by atoms with Crippen LogP contribution in [-0.4, -0.2) is 0 Å². The van der Waals surface area contributed by atoms with E-state index in [1.54, 1.807) is 0 Å². The van der Waals surface area contributed by atoms with Gasteiger partial charge in [-0.25, -0.2) is 0 Å². The zero-order chi connectivity index (χ0) is 12.5. The van der Waals surface area contributed by atoms with Gasteiger partial charge in [0.05, 0.1) is 23.3 Å². The zero-order valence-electron chi connectivity index (χ0n) is 9.51. The maximum absolute atomic E-state index is 8.89. The Kier molecular flexibility index (Phi) is 2.22. The molecular weight excluding hydrogens is 220 g/mol. The fourth-order valence-corrected chi connectivity index (χ4v) is 2.21. The van der Waals surface area contributed by atoms with E-state index in [0.29, 0.717) is 11.1 Å². The maximum atomic E-state index is 8.89. The van der Waals surface area contributed by atoms with E-state index in [4.69, 9.17) is 10.5 Å². The number of nitrogens with zero attached hydrogens (tertiary/aromatic N) is 2. The van der Waals surface area contributed by atoms with Gasteiger partial charge in [-0.2, -0.15) is 10.5 Å². The van der Waals surface area contributed by atoms with Crippen molar-refractivity contribution in [3.63, 3.8) is 0 Å². The van der Waals surface area contributed by atoms with Crippen LogP contribution in [-0.2, 0) is 0 Å². The monoisotopic (exact) mass is 228 g/mol. The van der Waals surface area contributed by atoms with Crippen molar-refractivity contribution in [2.45, 2.75) is 0 Å². The van der Waals surface area contributed by atoms with Crippen molar-refractivity contribution >= 4 is 21.5 Å². The molecule has 0 aliphatic carbocycles. The third-order valence-corrected chi connectivity index (χ3v) is 3.09. The average molecular weight is 228 g/mol. The Morgan fingerprint density at radius 3 is 1.44 bits per heavy atom. The van der Waals surface area contributed by atoms with Gasteiger partial charge in [0.15, 0.2) is 0 Å². The molecule has 0 saturated heterocycles. The predicted octanol–water partition coefficient (Wildman–Crippen LogP) is 3.74. The summed E-state index contributed by atoms with van der Waals surface area (Å²) in [5.41, 5.74) is 1.32. The van der Waals surface area contributed by atoms with Gasteiger partial charge < -0.3 is 0 Å². The third-order valence-electron chi connectivity index (χ3n) is 3.09. The van der Waals surface area contributed by atoms with Crippen LogP contribution in [0.5, 0.6) is 0 Å². The molecule has 0 fully saturated rings. The second-order valence-corrected chi connectivity index (χ2v) is 4.16. The number of rotatable bonds is 0. The van der Waals surface area contributed by atoms with Crippen molar-refractivity contribution in [1.82, 2.24) is 0 Å². The highest BCUT2D eigenvalue weighted by atomic mass is 14.2. The summed E-state index contributed by atoms with van der Waals surface area (Å²) in [6, 6.07) is 19.6. The first-order valence-electron chi connectivity index (χ1n) is 5.58. The second kappa shape index (κ2) is 3.87. The van der Waals surface area contributed by atoms with Gasteiger partial charge in [0, 0.05) is 0 Å². The van der Waals surface area contributed by atoms with E-state index in [2.05, 4.69) is 12.1 Å². The summed E-state index contributed by atoms with van der Waals surface area (Å²) in [6.07, 6.45) is 0. The SMILES string of the molecule is N#Cc1ccc2c(ccc3cc(C#N)ccc32)c1. The molecule has 0 heterocycles. The smallest absolute Gasteiger partial charge is 0.0991 e. The van der Waals surface area contributed by atoms with E-state index >= 15 is 0 Å². The van der Waals surface area contributed by atoms with Gasteiger partial charge in [0.2, 0.25) is 0 Å². The Morgan fingerprint density at radius 1 is 0.611 bits per heavy atom. The number of hydrogen-bond acceptors (Lipinski definition) is 2. The van der Waals surface area contributed by atoms with Crippen molar-refractivity contribution in [1.29, 1.82) is 10.5 Å². The fourth-order valence-electron chi connectivity index (χ4n) is 2.21. The van der Waals surface area contributed by atoms with Crippen LogP contribution in [0.4, 0.5) is 0 Å². The molecule has 3 aromatic rings. The van der Waals surface area contributed by atoms with Gasteiger partial charge in [0.25, 0.3) is 0 Å². The van der Waals surface area contributed by atoms with E-state index in [-0.39, 0.29) is 0 Å². The van der Waals surface area contributed by atoms with Gasteiger partial charge in [-0.3, -0.25) is 0 Å². The molecule has 0 atom stereocenters. The van der Waals surface area contributed by atoms with Crippen LogP contribution in [0.3, 0.4) is 0 Å². The van der Waals surface area contributed by atoms with E-state index < -0.39 is 0 Å². The van der Waals surface area contributed by atoms with Crippen molar-refractivity contribution in [2.75, 3.05) is 0 Å².